The molecular weight excluding hydrogens is 445 g/mol. The number of halogens is 1. The highest BCUT2D eigenvalue weighted by atomic mass is 127. The Morgan fingerprint density at radius 3 is 2.92 bits per heavy atom. The largest absolute Gasteiger partial charge is 0.469 e. The van der Waals surface area contributed by atoms with E-state index in [4.69, 9.17) is 13.9 Å². The van der Waals surface area contributed by atoms with Crippen LogP contribution < -0.4 is 10.6 Å². The molecule has 1 aromatic heterocycles. The molecule has 1 atom stereocenters. The Bertz CT molecular complexity index is 463. The fourth-order valence-electron chi connectivity index (χ4n) is 2.66. The van der Waals surface area contributed by atoms with Crippen LogP contribution in [0.5, 0.6) is 0 Å². The number of nitrogens with zero attached hydrogens (tertiary/aromatic N) is 1. The van der Waals surface area contributed by atoms with Crippen molar-refractivity contribution >= 4 is 29.9 Å². The minimum absolute atomic E-state index is 0. The van der Waals surface area contributed by atoms with Crippen molar-refractivity contribution in [2.45, 2.75) is 51.6 Å². The van der Waals surface area contributed by atoms with Crippen LogP contribution in [0, 0.1) is 0 Å². The normalized spacial score (nSPS) is 17.1. The van der Waals surface area contributed by atoms with Gasteiger partial charge in [-0.05, 0) is 37.8 Å². The predicted octanol–water partition coefficient (Wildman–Crippen LogP) is 3.36. The zero-order chi connectivity index (χ0) is 17.6. The Kier molecular flexibility index (Phi) is 13.7. The number of furan rings is 1. The molecule has 26 heavy (non-hydrogen) atoms. The summed E-state index contributed by atoms with van der Waals surface area (Å²) in [6.45, 7) is 7.03. The van der Waals surface area contributed by atoms with Gasteiger partial charge < -0.3 is 24.5 Å². The molecule has 6 nitrogen and oxygen atoms in total. The Balaban J connectivity index is 0.00000338. The van der Waals surface area contributed by atoms with Crippen LogP contribution in [0.4, 0.5) is 0 Å². The van der Waals surface area contributed by atoms with Crippen molar-refractivity contribution in [3.8, 4) is 0 Å². The van der Waals surface area contributed by atoms with Gasteiger partial charge in [-0.25, -0.2) is 0 Å². The highest BCUT2D eigenvalue weighted by Crippen LogP contribution is 2.11. The van der Waals surface area contributed by atoms with E-state index in [0.29, 0.717) is 12.7 Å². The molecule has 0 spiro atoms. The molecule has 7 heteroatoms. The summed E-state index contributed by atoms with van der Waals surface area (Å²) in [5.74, 6) is 1.86. The third kappa shape index (κ3) is 10.4. The summed E-state index contributed by atoms with van der Waals surface area (Å²) >= 11 is 0. The van der Waals surface area contributed by atoms with Crippen molar-refractivity contribution < 1.29 is 13.9 Å². The van der Waals surface area contributed by atoms with Crippen molar-refractivity contribution in [3.63, 3.8) is 0 Å². The molecule has 1 fully saturated rings. The standard InChI is InChI=1S/C19H33N3O3.HI/c1-2-3-10-20-19(22-12-9-17-7-4-14-24-17)21-11-6-13-23-16-18-8-5-15-25-18;/h4,7,14,18H,2-3,5-6,8-13,15-16H2,1H3,(H2,20,21,22);1H. The van der Waals surface area contributed by atoms with Crippen LogP contribution in [0.15, 0.2) is 27.8 Å². The first-order valence-corrected chi connectivity index (χ1v) is 9.62. The Morgan fingerprint density at radius 1 is 1.31 bits per heavy atom. The number of hydrogen-bond donors (Lipinski definition) is 2. The van der Waals surface area contributed by atoms with E-state index >= 15 is 0 Å². The van der Waals surface area contributed by atoms with Gasteiger partial charge in [-0.3, -0.25) is 4.99 Å². The lowest BCUT2D eigenvalue weighted by Crippen LogP contribution is -2.39. The van der Waals surface area contributed by atoms with E-state index in [-0.39, 0.29) is 24.0 Å². The quantitative estimate of drug-likeness (QED) is 0.208. The second kappa shape index (κ2) is 15.3. The summed E-state index contributed by atoms with van der Waals surface area (Å²) < 4.78 is 16.6. The summed E-state index contributed by atoms with van der Waals surface area (Å²) in [6, 6.07) is 3.91. The lowest BCUT2D eigenvalue weighted by atomic mass is 10.2. The van der Waals surface area contributed by atoms with Gasteiger partial charge in [0.2, 0.25) is 0 Å². The highest BCUT2D eigenvalue weighted by molar-refractivity contribution is 14.0. The molecule has 0 radical (unpaired) electrons. The Labute approximate surface area is 174 Å². The van der Waals surface area contributed by atoms with Crippen molar-refractivity contribution in [1.29, 1.82) is 0 Å². The van der Waals surface area contributed by atoms with Gasteiger partial charge in [0.15, 0.2) is 5.96 Å². The third-order valence-corrected chi connectivity index (χ3v) is 4.11. The molecule has 2 rings (SSSR count). The summed E-state index contributed by atoms with van der Waals surface area (Å²) in [5.41, 5.74) is 0. The second-order valence-corrected chi connectivity index (χ2v) is 6.33. The van der Waals surface area contributed by atoms with Crippen molar-refractivity contribution in [2.75, 3.05) is 39.5 Å². The first-order valence-electron chi connectivity index (χ1n) is 9.62. The molecule has 1 aliphatic rings. The number of aliphatic imine (C=N–C) groups is 1. The number of nitrogens with one attached hydrogen (secondary N) is 2. The molecule has 2 N–H and O–H groups in total. The van der Waals surface area contributed by atoms with E-state index in [1.54, 1.807) is 6.26 Å². The minimum Gasteiger partial charge on any atom is -0.469 e. The molecule has 1 aromatic rings. The fourth-order valence-corrected chi connectivity index (χ4v) is 2.66. The molecule has 1 aliphatic heterocycles. The summed E-state index contributed by atoms with van der Waals surface area (Å²) in [4.78, 5) is 4.64. The van der Waals surface area contributed by atoms with E-state index < -0.39 is 0 Å². The number of guanidine groups is 1. The topological polar surface area (TPSA) is 68.0 Å². The molecule has 0 aromatic carbocycles. The van der Waals surface area contributed by atoms with Gasteiger partial charge in [-0.2, -0.15) is 0 Å². The molecule has 1 unspecified atom stereocenters. The van der Waals surface area contributed by atoms with Gasteiger partial charge in [0.1, 0.15) is 5.76 Å². The maximum atomic E-state index is 5.68. The zero-order valence-corrected chi connectivity index (χ0v) is 18.2. The Morgan fingerprint density at radius 2 is 2.19 bits per heavy atom. The number of rotatable bonds is 12. The molecule has 2 heterocycles. The predicted molar refractivity (Wildman–Crippen MR) is 115 cm³/mol. The van der Waals surface area contributed by atoms with Crippen LogP contribution in [0.1, 0.15) is 44.8 Å². The van der Waals surface area contributed by atoms with E-state index in [9.17, 15) is 0 Å². The fraction of sp³-hybridized carbons (Fsp3) is 0.737. The van der Waals surface area contributed by atoms with Gasteiger partial charge in [0.05, 0.1) is 19.0 Å². The highest BCUT2D eigenvalue weighted by Gasteiger charge is 2.14. The van der Waals surface area contributed by atoms with Gasteiger partial charge in [-0.15, -0.1) is 24.0 Å². The van der Waals surface area contributed by atoms with Crippen molar-refractivity contribution in [1.82, 2.24) is 10.6 Å². The van der Waals surface area contributed by atoms with E-state index in [2.05, 4.69) is 22.5 Å². The average molecular weight is 479 g/mol. The SMILES string of the molecule is CCCCNC(=NCCCOCC1CCCO1)NCCc1ccco1.I. The number of unbranched alkanes of at least 4 members (excludes halogenated alkanes) is 1. The van der Waals surface area contributed by atoms with Gasteiger partial charge in [0.25, 0.3) is 0 Å². The third-order valence-electron chi connectivity index (χ3n) is 4.11. The van der Waals surface area contributed by atoms with Gasteiger partial charge >= 0.3 is 0 Å². The van der Waals surface area contributed by atoms with Crippen molar-refractivity contribution in [2.24, 2.45) is 4.99 Å². The monoisotopic (exact) mass is 479 g/mol. The lowest BCUT2D eigenvalue weighted by Gasteiger charge is -2.12. The molecule has 0 saturated carbocycles. The first-order chi connectivity index (χ1) is 12.4. The van der Waals surface area contributed by atoms with Crippen molar-refractivity contribution in [3.05, 3.63) is 24.2 Å². The maximum absolute atomic E-state index is 5.68. The van der Waals surface area contributed by atoms with Gasteiger partial charge in [0, 0.05) is 39.3 Å². The molecular formula is C19H34IN3O3. The molecule has 0 amide bonds. The molecule has 0 aliphatic carbocycles. The average Bonchev–Trinajstić information content (AvgIpc) is 3.31. The van der Waals surface area contributed by atoms with Crippen LogP contribution in [-0.2, 0) is 15.9 Å². The van der Waals surface area contributed by atoms with E-state index in [0.717, 1.165) is 76.7 Å². The molecule has 0 bridgehead atoms. The lowest BCUT2D eigenvalue weighted by molar-refractivity contribution is 0.0171. The van der Waals surface area contributed by atoms with E-state index in [1.807, 2.05) is 12.1 Å². The van der Waals surface area contributed by atoms with Crippen LogP contribution in [-0.4, -0.2) is 51.5 Å². The molecule has 150 valence electrons. The Hall–Kier alpha value is -0.800. The summed E-state index contributed by atoms with van der Waals surface area (Å²) in [7, 11) is 0. The number of ether oxygens (including phenoxy) is 2. The first kappa shape index (κ1) is 23.2. The van der Waals surface area contributed by atoms with Crippen LogP contribution in [0.3, 0.4) is 0 Å². The van der Waals surface area contributed by atoms with Crippen LogP contribution in [0.25, 0.3) is 0 Å². The zero-order valence-electron chi connectivity index (χ0n) is 15.9. The van der Waals surface area contributed by atoms with Gasteiger partial charge in [-0.1, -0.05) is 13.3 Å². The second-order valence-electron chi connectivity index (χ2n) is 6.33. The number of hydrogen-bond acceptors (Lipinski definition) is 4. The maximum Gasteiger partial charge on any atom is 0.191 e. The van der Waals surface area contributed by atoms with Crippen LogP contribution in [0.2, 0.25) is 0 Å². The van der Waals surface area contributed by atoms with E-state index in [1.165, 1.54) is 6.42 Å². The minimum atomic E-state index is 0. The van der Waals surface area contributed by atoms with Crippen LogP contribution >= 0.6 is 24.0 Å². The summed E-state index contributed by atoms with van der Waals surface area (Å²) in [5, 5.41) is 6.75. The smallest absolute Gasteiger partial charge is 0.191 e. The molecule has 1 saturated heterocycles. The summed E-state index contributed by atoms with van der Waals surface area (Å²) in [6.07, 6.45) is 8.39.